The van der Waals surface area contributed by atoms with Gasteiger partial charge in [-0.3, -0.25) is 9.10 Å². The fourth-order valence-electron chi connectivity index (χ4n) is 2.29. The molecule has 0 unspecified atom stereocenters. The normalized spacial score (nSPS) is 21.1. The smallest absolute Gasteiger partial charge is 0.234 e. The van der Waals surface area contributed by atoms with E-state index in [1.165, 1.54) is 0 Å². The second kappa shape index (κ2) is 5.56. The molecule has 0 bridgehead atoms. The van der Waals surface area contributed by atoms with Gasteiger partial charge in [0.25, 0.3) is 0 Å². The predicted octanol–water partition coefficient (Wildman–Crippen LogP) is 2.82. The molecule has 0 saturated carbocycles. The van der Waals surface area contributed by atoms with Crippen molar-refractivity contribution in [1.29, 1.82) is 0 Å². The van der Waals surface area contributed by atoms with Crippen LogP contribution >= 0.6 is 0 Å². The van der Waals surface area contributed by atoms with Gasteiger partial charge in [0.15, 0.2) is 0 Å². The van der Waals surface area contributed by atoms with Gasteiger partial charge in [-0.05, 0) is 44.9 Å². The molecule has 1 fully saturated rings. The molecule has 0 N–H and O–H groups in total. The lowest BCUT2D eigenvalue weighted by Crippen LogP contribution is -2.39. The molecule has 1 saturated heterocycles. The van der Waals surface area contributed by atoms with Gasteiger partial charge in [-0.25, -0.2) is 4.21 Å². The van der Waals surface area contributed by atoms with E-state index in [4.69, 9.17) is 4.74 Å². The zero-order chi connectivity index (χ0) is 14.9. The van der Waals surface area contributed by atoms with Crippen LogP contribution in [0.5, 0.6) is 5.75 Å². The number of hydrogen-bond acceptors (Lipinski definition) is 3. The van der Waals surface area contributed by atoms with E-state index in [1.54, 1.807) is 11.4 Å². The van der Waals surface area contributed by atoms with Gasteiger partial charge < -0.3 is 4.74 Å². The second-order valence-corrected chi connectivity index (χ2v) is 8.03. The Morgan fingerprint density at radius 3 is 2.35 bits per heavy atom. The number of carbonyl (C=O) groups is 1. The molecule has 2 rings (SSSR count). The zero-order valence-electron chi connectivity index (χ0n) is 12.4. The third-order valence-corrected chi connectivity index (χ3v) is 5.23. The summed E-state index contributed by atoms with van der Waals surface area (Å²) in [6.45, 7) is 5.67. The third-order valence-electron chi connectivity index (χ3n) is 3.36. The van der Waals surface area contributed by atoms with Crippen molar-refractivity contribution < 1.29 is 13.7 Å². The molecule has 2 atom stereocenters. The number of rotatable bonds is 3. The van der Waals surface area contributed by atoms with Crippen molar-refractivity contribution in [3.05, 3.63) is 29.8 Å². The molecule has 110 valence electrons. The van der Waals surface area contributed by atoms with Crippen LogP contribution in [0.4, 0.5) is 0 Å². The van der Waals surface area contributed by atoms with Crippen LogP contribution in [0.15, 0.2) is 24.3 Å². The highest BCUT2D eigenvalue weighted by Crippen LogP contribution is 2.37. The van der Waals surface area contributed by atoms with Crippen molar-refractivity contribution in [2.24, 2.45) is 0 Å². The molecular weight excluding hydrogens is 274 g/mol. The summed E-state index contributed by atoms with van der Waals surface area (Å²) >= 11 is 0. The summed E-state index contributed by atoms with van der Waals surface area (Å²) in [6, 6.07) is 7.52. The Kier molecular flexibility index (Phi) is 4.18. The van der Waals surface area contributed by atoms with Gasteiger partial charge in [0, 0.05) is 6.42 Å². The van der Waals surface area contributed by atoms with Crippen LogP contribution in [0.25, 0.3) is 0 Å². The van der Waals surface area contributed by atoms with Crippen molar-refractivity contribution >= 4 is 16.9 Å². The Morgan fingerprint density at radius 1 is 1.25 bits per heavy atom. The summed E-state index contributed by atoms with van der Waals surface area (Å²) in [4.78, 5) is 12.1. The maximum absolute atomic E-state index is 12.6. The largest absolute Gasteiger partial charge is 0.497 e. The second-order valence-electron chi connectivity index (χ2n) is 5.91. The molecule has 1 heterocycles. The maximum Gasteiger partial charge on any atom is 0.234 e. The topological polar surface area (TPSA) is 46.6 Å². The Labute approximate surface area is 122 Å². The highest BCUT2D eigenvalue weighted by molar-refractivity contribution is 7.84. The van der Waals surface area contributed by atoms with Crippen molar-refractivity contribution in [2.75, 3.05) is 7.11 Å². The SMILES string of the molecule is COc1ccc([C@H]2CCC(=O)N2[S@@](=O)C(C)(C)C)cc1. The van der Waals surface area contributed by atoms with Gasteiger partial charge in [0.05, 0.1) is 17.9 Å². The number of benzene rings is 1. The van der Waals surface area contributed by atoms with Gasteiger partial charge in [0.2, 0.25) is 5.91 Å². The number of hydrogen-bond donors (Lipinski definition) is 0. The molecule has 1 aliphatic heterocycles. The van der Waals surface area contributed by atoms with Gasteiger partial charge in [0.1, 0.15) is 16.7 Å². The van der Waals surface area contributed by atoms with Crippen LogP contribution in [-0.2, 0) is 15.8 Å². The minimum Gasteiger partial charge on any atom is -0.497 e. The first kappa shape index (κ1) is 15.0. The van der Waals surface area contributed by atoms with E-state index in [1.807, 2.05) is 45.0 Å². The first-order chi connectivity index (χ1) is 9.34. The van der Waals surface area contributed by atoms with E-state index < -0.39 is 15.7 Å². The van der Waals surface area contributed by atoms with Crippen molar-refractivity contribution in [2.45, 2.75) is 44.4 Å². The summed E-state index contributed by atoms with van der Waals surface area (Å²) in [5.74, 6) is 0.751. The number of carbonyl (C=O) groups excluding carboxylic acids is 1. The van der Waals surface area contributed by atoms with Crippen LogP contribution in [0.1, 0.15) is 45.2 Å². The van der Waals surface area contributed by atoms with Crippen molar-refractivity contribution in [3.8, 4) is 5.75 Å². The minimum absolute atomic E-state index is 0.0286. The number of amides is 1. The molecule has 0 aliphatic carbocycles. The Morgan fingerprint density at radius 2 is 1.85 bits per heavy atom. The fourth-order valence-corrected chi connectivity index (χ4v) is 3.62. The first-order valence-electron chi connectivity index (χ1n) is 6.72. The molecule has 4 nitrogen and oxygen atoms in total. The van der Waals surface area contributed by atoms with Gasteiger partial charge in [-0.2, -0.15) is 0 Å². The molecule has 0 radical (unpaired) electrons. The highest BCUT2D eigenvalue weighted by Gasteiger charge is 2.40. The Hall–Kier alpha value is -1.36. The van der Waals surface area contributed by atoms with Crippen LogP contribution in [0.3, 0.4) is 0 Å². The monoisotopic (exact) mass is 295 g/mol. The first-order valence-corrected chi connectivity index (χ1v) is 7.83. The average Bonchev–Trinajstić information content (AvgIpc) is 2.78. The fraction of sp³-hybridized carbons (Fsp3) is 0.533. The van der Waals surface area contributed by atoms with E-state index in [9.17, 15) is 9.00 Å². The van der Waals surface area contributed by atoms with Crippen LogP contribution in [-0.4, -0.2) is 26.3 Å². The summed E-state index contributed by atoms with van der Waals surface area (Å²) in [5.41, 5.74) is 1.01. The van der Waals surface area contributed by atoms with Crippen molar-refractivity contribution in [1.82, 2.24) is 4.31 Å². The van der Waals surface area contributed by atoms with E-state index in [2.05, 4.69) is 0 Å². The average molecular weight is 295 g/mol. The van der Waals surface area contributed by atoms with E-state index in [0.29, 0.717) is 12.8 Å². The quantitative estimate of drug-likeness (QED) is 0.861. The summed E-state index contributed by atoms with van der Waals surface area (Å²) in [5, 5.41) is 0. The van der Waals surface area contributed by atoms with E-state index in [0.717, 1.165) is 11.3 Å². The van der Waals surface area contributed by atoms with Crippen LogP contribution < -0.4 is 4.74 Å². The Bertz CT molecular complexity index is 519. The molecule has 20 heavy (non-hydrogen) atoms. The van der Waals surface area contributed by atoms with Gasteiger partial charge in [-0.15, -0.1) is 0 Å². The third kappa shape index (κ3) is 2.87. The Balaban J connectivity index is 2.30. The molecule has 1 aliphatic rings. The number of nitrogens with zero attached hydrogens (tertiary/aromatic N) is 1. The minimum atomic E-state index is -1.33. The molecule has 0 aromatic heterocycles. The lowest BCUT2D eigenvalue weighted by atomic mass is 10.1. The van der Waals surface area contributed by atoms with E-state index in [-0.39, 0.29) is 11.9 Å². The number of methoxy groups -OCH3 is 1. The molecule has 5 heteroatoms. The zero-order valence-corrected chi connectivity index (χ0v) is 13.2. The van der Waals surface area contributed by atoms with E-state index >= 15 is 0 Å². The van der Waals surface area contributed by atoms with Gasteiger partial charge >= 0.3 is 0 Å². The predicted molar refractivity (Wildman–Crippen MR) is 79.7 cm³/mol. The molecule has 1 amide bonds. The number of ether oxygens (including phenoxy) is 1. The lowest BCUT2D eigenvalue weighted by Gasteiger charge is -2.30. The summed E-state index contributed by atoms with van der Waals surface area (Å²) < 4.78 is 18.8. The van der Waals surface area contributed by atoms with Crippen LogP contribution in [0, 0.1) is 0 Å². The van der Waals surface area contributed by atoms with Crippen molar-refractivity contribution in [3.63, 3.8) is 0 Å². The van der Waals surface area contributed by atoms with Gasteiger partial charge in [-0.1, -0.05) is 12.1 Å². The molecule has 0 spiro atoms. The van der Waals surface area contributed by atoms with Crippen LogP contribution in [0.2, 0.25) is 0 Å². The molecule has 1 aromatic carbocycles. The molecule has 1 aromatic rings. The highest BCUT2D eigenvalue weighted by atomic mass is 32.2. The summed E-state index contributed by atoms with van der Waals surface area (Å²) in [6.07, 6.45) is 1.17. The summed E-state index contributed by atoms with van der Waals surface area (Å²) in [7, 11) is 0.292. The maximum atomic E-state index is 12.6. The lowest BCUT2D eigenvalue weighted by molar-refractivity contribution is -0.124. The standard InChI is InChI=1S/C15H21NO3S/c1-15(2,3)20(18)16-13(9-10-14(16)17)11-5-7-12(19-4)8-6-11/h5-8,13H,9-10H2,1-4H3/t13-,20+/m1/s1. The molecular formula is C15H21NO3S.